The van der Waals surface area contributed by atoms with Gasteiger partial charge in [0.15, 0.2) is 18.1 Å². The number of nitrogens with one attached hydrogen (secondary N) is 1. The van der Waals surface area contributed by atoms with Crippen molar-refractivity contribution in [1.82, 2.24) is 4.90 Å². The maximum absolute atomic E-state index is 12.6. The number of ether oxygens (including phenoxy) is 2. The van der Waals surface area contributed by atoms with E-state index in [1.807, 2.05) is 31.2 Å². The summed E-state index contributed by atoms with van der Waals surface area (Å²) in [7, 11) is 1.47. The zero-order valence-corrected chi connectivity index (χ0v) is 21.5. The number of hydrogen-bond acceptors (Lipinski definition) is 7. The van der Waals surface area contributed by atoms with E-state index in [1.165, 1.54) is 12.0 Å². The van der Waals surface area contributed by atoms with E-state index in [2.05, 4.69) is 21.2 Å². The molecule has 8 nitrogen and oxygen atoms in total. The second kappa shape index (κ2) is 11.5. The number of carbonyl (C=O) groups is 3. The van der Waals surface area contributed by atoms with Gasteiger partial charge in [0.1, 0.15) is 4.32 Å². The SMILES string of the molecule is COc1cc(/C=C2\SC(=S)N(CCC(=O)O)C2=O)cc(Br)c1OCC(=O)Nc1ccc(C)cc1. The van der Waals surface area contributed by atoms with Gasteiger partial charge in [0, 0.05) is 12.2 Å². The molecule has 2 aromatic carbocycles. The lowest BCUT2D eigenvalue weighted by Crippen LogP contribution is -2.30. The Morgan fingerprint density at radius 1 is 1.26 bits per heavy atom. The minimum absolute atomic E-state index is 0.0157. The van der Waals surface area contributed by atoms with Crippen LogP contribution in [0.5, 0.6) is 11.5 Å². The van der Waals surface area contributed by atoms with Gasteiger partial charge in [-0.25, -0.2) is 0 Å². The minimum Gasteiger partial charge on any atom is -0.493 e. The van der Waals surface area contributed by atoms with Crippen molar-refractivity contribution in [2.75, 3.05) is 25.6 Å². The number of rotatable bonds is 9. The summed E-state index contributed by atoms with van der Waals surface area (Å²) < 4.78 is 11.9. The molecule has 0 aromatic heterocycles. The molecule has 3 rings (SSSR count). The van der Waals surface area contributed by atoms with Crippen LogP contribution in [0, 0.1) is 6.92 Å². The molecule has 0 atom stereocenters. The van der Waals surface area contributed by atoms with Gasteiger partial charge in [0.2, 0.25) is 0 Å². The van der Waals surface area contributed by atoms with E-state index in [1.54, 1.807) is 18.2 Å². The number of carbonyl (C=O) groups excluding carboxylic acids is 2. The van der Waals surface area contributed by atoms with E-state index in [0.717, 1.165) is 17.3 Å². The minimum atomic E-state index is -1.00. The highest BCUT2D eigenvalue weighted by Gasteiger charge is 2.32. The third-order valence-corrected chi connectivity index (χ3v) is 6.62. The number of carboxylic acids is 1. The third kappa shape index (κ3) is 6.58. The average Bonchev–Trinajstić information content (AvgIpc) is 3.04. The van der Waals surface area contributed by atoms with Gasteiger partial charge in [-0.05, 0) is 58.8 Å². The van der Waals surface area contributed by atoms with E-state index < -0.39 is 5.97 Å². The van der Waals surface area contributed by atoms with Crippen molar-refractivity contribution in [2.45, 2.75) is 13.3 Å². The van der Waals surface area contributed by atoms with Gasteiger partial charge in [-0.2, -0.15) is 0 Å². The van der Waals surface area contributed by atoms with E-state index in [4.69, 9.17) is 26.8 Å². The quantitative estimate of drug-likeness (QED) is 0.339. The summed E-state index contributed by atoms with van der Waals surface area (Å²) in [5.74, 6) is -0.973. The molecule has 1 heterocycles. The van der Waals surface area contributed by atoms with Crippen molar-refractivity contribution in [3.8, 4) is 11.5 Å². The molecule has 0 radical (unpaired) electrons. The molecule has 0 unspecified atom stereocenters. The fourth-order valence-electron chi connectivity index (χ4n) is 2.99. The Balaban J connectivity index is 1.71. The van der Waals surface area contributed by atoms with Crippen LogP contribution in [0.2, 0.25) is 0 Å². The zero-order valence-electron chi connectivity index (χ0n) is 18.3. The number of halogens is 1. The first-order valence-corrected chi connectivity index (χ1v) is 12.0. The highest BCUT2D eigenvalue weighted by molar-refractivity contribution is 9.10. The van der Waals surface area contributed by atoms with Crippen LogP contribution in [0.3, 0.4) is 0 Å². The number of anilines is 1. The van der Waals surface area contributed by atoms with Gasteiger partial charge < -0.3 is 19.9 Å². The van der Waals surface area contributed by atoms with Gasteiger partial charge >= 0.3 is 5.97 Å². The molecular formula is C23H21BrN2O6S2. The topological polar surface area (TPSA) is 105 Å². The molecule has 1 fully saturated rings. The number of amides is 2. The van der Waals surface area contributed by atoms with Crippen LogP contribution < -0.4 is 14.8 Å². The summed E-state index contributed by atoms with van der Waals surface area (Å²) in [6.07, 6.45) is 1.45. The highest BCUT2D eigenvalue weighted by atomic mass is 79.9. The Morgan fingerprint density at radius 3 is 2.62 bits per heavy atom. The van der Waals surface area contributed by atoms with E-state index in [0.29, 0.717) is 36.4 Å². The standard InChI is InChI=1S/C23H21BrN2O6S2/c1-13-3-5-15(6-4-13)25-19(27)12-32-21-16(24)9-14(10-17(21)31-2)11-18-22(30)26(23(33)34-18)8-7-20(28)29/h3-6,9-11H,7-8,12H2,1-2H3,(H,25,27)(H,28,29)/b18-11-. The summed E-state index contributed by atoms with van der Waals surface area (Å²) in [5, 5.41) is 11.6. The molecule has 0 spiro atoms. The number of thiocarbonyl (C=S) groups is 1. The molecule has 0 bridgehead atoms. The third-order valence-electron chi connectivity index (χ3n) is 4.66. The first kappa shape index (κ1) is 25.7. The van der Waals surface area contributed by atoms with Crippen LogP contribution in [0.25, 0.3) is 6.08 Å². The van der Waals surface area contributed by atoms with Crippen LogP contribution in [-0.2, 0) is 14.4 Å². The number of aliphatic carboxylic acids is 1. The van der Waals surface area contributed by atoms with Gasteiger partial charge in [-0.1, -0.05) is 41.7 Å². The van der Waals surface area contributed by atoms with Crippen LogP contribution in [-0.4, -0.2) is 52.4 Å². The first-order valence-electron chi connectivity index (χ1n) is 10.0. The fraction of sp³-hybridized carbons (Fsp3) is 0.217. The summed E-state index contributed by atoms with van der Waals surface area (Å²) >= 11 is 9.75. The number of hydrogen-bond donors (Lipinski definition) is 2. The van der Waals surface area contributed by atoms with E-state index >= 15 is 0 Å². The van der Waals surface area contributed by atoms with Gasteiger partial charge in [-0.3, -0.25) is 19.3 Å². The molecule has 1 aliphatic heterocycles. The number of benzene rings is 2. The largest absolute Gasteiger partial charge is 0.493 e. The van der Waals surface area contributed by atoms with Crippen LogP contribution in [0.15, 0.2) is 45.8 Å². The van der Waals surface area contributed by atoms with Crippen molar-refractivity contribution in [3.63, 3.8) is 0 Å². The lowest BCUT2D eigenvalue weighted by atomic mass is 10.2. The summed E-state index contributed by atoms with van der Waals surface area (Å²) in [6.45, 7) is 1.75. The van der Waals surface area contributed by atoms with Crippen molar-refractivity contribution in [1.29, 1.82) is 0 Å². The summed E-state index contributed by atoms with van der Waals surface area (Å²) in [5.41, 5.74) is 2.39. The van der Waals surface area contributed by atoms with E-state index in [-0.39, 0.29) is 31.4 Å². The van der Waals surface area contributed by atoms with Gasteiger partial charge in [-0.15, -0.1) is 0 Å². The number of methoxy groups -OCH3 is 1. The normalized spacial score (nSPS) is 14.4. The molecule has 0 saturated carbocycles. The fourth-order valence-corrected chi connectivity index (χ4v) is 4.87. The lowest BCUT2D eigenvalue weighted by Gasteiger charge is -2.14. The highest BCUT2D eigenvalue weighted by Crippen LogP contribution is 2.39. The van der Waals surface area contributed by atoms with Crippen molar-refractivity contribution < 1.29 is 29.0 Å². The number of nitrogens with zero attached hydrogens (tertiary/aromatic N) is 1. The second-order valence-electron chi connectivity index (χ2n) is 7.21. The monoisotopic (exact) mass is 564 g/mol. The van der Waals surface area contributed by atoms with Gasteiger partial charge in [0.05, 0.1) is 22.9 Å². The molecule has 2 aromatic rings. The molecule has 178 valence electrons. The number of aryl methyl sites for hydroxylation is 1. The maximum atomic E-state index is 12.6. The van der Waals surface area contributed by atoms with Crippen LogP contribution >= 0.6 is 39.9 Å². The second-order valence-corrected chi connectivity index (χ2v) is 9.74. The molecule has 34 heavy (non-hydrogen) atoms. The van der Waals surface area contributed by atoms with E-state index in [9.17, 15) is 14.4 Å². The van der Waals surface area contributed by atoms with Gasteiger partial charge in [0.25, 0.3) is 11.8 Å². The molecule has 1 saturated heterocycles. The van der Waals surface area contributed by atoms with Crippen molar-refractivity contribution in [2.24, 2.45) is 0 Å². The number of thioether (sulfide) groups is 1. The molecule has 2 amide bonds. The van der Waals surface area contributed by atoms with Crippen LogP contribution in [0.4, 0.5) is 5.69 Å². The molecule has 2 N–H and O–H groups in total. The average molecular weight is 565 g/mol. The Hall–Kier alpha value is -2.89. The van der Waals surface area contributed by atoms with Crippen molar-refractivity contribution in [3.05, 3.63) is 56.9 Å². The predicted molar refractivity (Wildman–Crippen MR) is 138 cm³/mol. The maximum Gasteiger partial charge on any atom is 0.305 e. The molecular weight excluding hydrogens is 544 g/mol. The van der Waals surface area contributed by atoms with Crippen LogP contribution in [0.1, 0.15) is 17.5 Å². The summed E-state index contributed by atoms with van der Waals surface area (Å²) in [4.78, 5) is 37.4. The Morgan fingerprint density at radius 2 is 1.97 bits per heavy atom. The lowest BCUT2D eigenvalue weighted by molar-refractivity contribution is -0.137. The zero-order chi connectivity index (χ0) is 24.8. The molecule has 1 aliphatic rings. The first-order chi connectivity index (χ1) is 16.2. The predicted octanol–water partition coefficient (Wildman–Crippen LogP) is 4.46. The Kier molecular flexibility index (Phi) is 8.70. The smallest absolute Gasteiger partial charge is 0.305 e. The Labute approximate surface area is 214 Å². The van der Waals surface area contributed by atoms with Crippen molar-refractivity contribution >= 4 is 73.8 Å². The Bertz CT molecular complexity index is 1170. The summed E-state index contributed by atoms with van der Waals surface area (Å²) in [6, 6.07) is 10.8. The molecule has 11 heteroatoms. The molecule has 0 aliphatic carbocycles. The number of carboxylic acid groups (broad SMARTS) is 1.